The van der Waals surface area contributed by atoms with Crippen molar-refractivity contribution in [3.05, 3.63) is 47.5 Å². The third-order valence-corrected chi connectivity index (χ3v) is 7.47. The first-order chi connectivity index (χ1) is 13.0. The molecule has 1 aromatic rings. The lowest BCUT2D eigenvalue weighted by Gasteiger charge is -2.51. The molecular weight excluding hydrogens is 338 g/mol. The molecule has 3 aliphatic rings. The number of esters is 1. The first-order valence-electron chi connectivity index (χ1n) is 10.5. The largest absolute Gasteiger partial charge is 0.461 e. The second kappa shape index (κ2) is 7.40. The molecule has 4 rings (SSSR count). The lowest BCUT2D eigenvalue weighted by Crippen LogP contribution is -2.86. The number of aliphatic hydroxyl groups excluding tert-OH is 1. The Morgan fingerprint density at radius 3 is 2.85 bits per heavy atom. The first-order valence-corrected chi connectivity index (χ1v) is 10.5. The van der Waals surface area contributed by atoms with Crippen LogP contribution in [0.1, 0.15) is 38.7 Å². The van der Waals surface area contributed by atoms with Crippen molar-refractivity contribution >= 4 is 5.97 Å². The summed E-state index contributed by atoms with van der Waals surface area (Å²) in [4.78, 5) is 12.6. The molecule has 2 fully saturated rings. The second-order valence-corrected chi connectivity index (χ2v) is 8.85. The van der Waals surface area contributed by atoms with Crippen molar-refractivity contribution in [2.75, 3.05) is 13.1 Å². The summed E-state index contributed by atoms with van der Waals surface area (Å²) in [6.07, 6.45) is 5.60. The molecule has 0 radical (unpaired) electrons. The fraction of sp³-hybridized carbons (Fsp3) is 0.609. The predicted molar refractivity (Wildman–Crippen MR) is 104 cm³/mol. The highest BCUT2D eigenvalue weighted by Crippen LogP contribution is 2.55. The van der Waals surface area contributed by atoms with E-state index in [-0.39, 0.29) is 29.3 Å². The Hall–Kier alpha value is -1.65. The van der Waals surface area contributed by atoms with Gasteiger partial charge in [0.1, 0.15) is 12.0 Å². The molecule has 4 heteroatoms. The van der Waals surface area contributed by atoms with Gasteiger partial charge in [-0.15, -0.1) is 0 Å². The van der Waals surface area contributed by atoms with Crippen molar-refractivity contribution < 1.29 is 20.0 Å². The lowest BCUT2D eigenvalue weighted by molar-refractivity contribution is -0.659. The molecule has 146 valence electrons. The minimum atomic E-state index is -0.503. The fourth-order valence-electron chi connectivity index (χ4n) is 5.54. The number of hydrogen-bond donors (Lipinski definition) is 2. The smallest absolute Gasteiger partial charge is 0.315 e. The van der Waals surface area contributed by atoms with Gasteiger partial charge in [0.05, 0.1) is 19.2 Å². The highest BCUT2D eigenvalue weighted by atomic mass is 16.6. The molecular formula is C23H32NO3+. The molecule has 27 heavy (non-hydrogen) atoms. The lowest BCUT2D eigenvalue weighted by atomic mass is 9.55. The maximum Gasteiger partial charge on any atom is 0.315 e. The van der Waals surface area contributed by atoms with Crippen LogP contribution in [0.25, 0.3) is 0 Å². The number of carbonyl (C=O) groups is 1. The highest BCUT2D eigenvalue weighted by molar-refractivity contribution is 5.76. The van der Waals surface area contributed by atoms with Crippen molar-refractivity contribution in [1.29, 1.82) is 0 Å². The molecule has 1 saturated heterocycles. The predicted octanol–water partition coefficient (Wildman–Crippen LogP) is 2.08. The van der Waals surface area contributed by atoms with E-state index in [0.29, 0.717) is 12.5 Å². The van der Waals surface area contributed by atoms with Gasteiger partial charge in [0.25, 0.3) is 0 Å². The number of ether oxygens (including phenoxy) is 1. The van der Waals surface area contributed by atoms with Crippen molar-refractivity contribution in [3.8, 4) is 0 Å². The van der Waals surface area contributed by atoms with Crippen LogP contribution in [0.15, 0.2) is 42.0 Å². The van der Waals surface area contributed by atoms with E-state index < -0.39 is 6.10 Å². The number of hydrogen-bond acceptors (Lipinski definition) is 3. The molecule has 1 aliphatic heterocycles. The van der Waals surface area contributed by atoms with Crippen molar-refractivity contribution in [3.63, 3.8) is 0 Å². The van der Waals surface area contributed by atoms with Crippen LogP contribution in [-0.4, -0.2) is 36.4 Å². The summed E-state index contributed by atoms with van der Waals surface area (Å²) < 4.78 is 5.73. The van der Waals surface area contributed by atoms with E-state index in [1.54, 1.807) is 0 Å². The van der Waals surface area contributed by atoms with Crippen molar-refractivity contribution in [2.45, 2.75) is 51.7 Å². The molecule has 1 saturated carbocycles. The van der Waals surface area contributed by atoms with Gasteiger partial charge >= 0.3 is 5.97 Å². The van der Waals surface area contributed by atoms with Crippen molar-refractivity contribution in [1.82, 2.24) is 0 Å². The van der Waals surface area contributed by atoms with Gasteiger partial charge in [-0.05, 0) is 24.3 Å². The Morgan fingerprint density at radius 2 is 2.07 bits per heavy atom. The van der Waals surface area contributed by atoms with E-state index in [2.05, 4.69) is 49.5 Å². The SMILES string of the molecule is C[C@H]1CCC=C2C[C@H]3OC(=O)[C@@H](C[NH2+]CCc4ccccc4)[C@H]3[C@@H](O)[C@@]21C. The number of benzene rings is 1. The average Bonchev–Trinajstić information content (AvgIpc) is 2.98. The zero-order valence-electron chi connectivity index (χ0n) is 16.4. The van der Waals surface area contributed by atoms with Gasteiger partial charge < -0.3 is 15.2 Å². The summed E-state index contributed by atoms with van der Waals surface area (Å²) >= 11 is 0. The number of quaternary nitrogens is 1. The molecule has 6 atom stereocenters. The number of aliphatic hydroxyl groups is 1. The van der Waals surface area contributed by atoms with Crippen LogP contribution in [-0.2, 0) is 16.0 Å². The Balaban J connectivity index is 1.43. The zero-order chi connectivity index (χ0) is 19.0. The summed E-state index contributed by atoms with van der Waals surface area (Å²) in [5, 5.41) is 13.6. The Labute approximate surface area is 162 Å². The third kappa shape index (κ3) is 3.23. The van der Waals surface area contributed by atoms with Gasteiger partial charge in [0, 0.05) is 24.2 Å². The third-order valence-electron chi connectivity index (χ3n) is 7.47. The maximum absolute atomic E-state index is 12.6. The number of rotatable bonds is 5. The molecule has 2 aliphatic carbocycles. The number of carbonyl (C=O) groups excluding carboxylic acids is 1. The Morgan fingerprint density at radius 1 is 1.30 bits per heavy atom. The van der Waals surface area contributed by atoms with Crippen LogP contribution in [0.5, 0.6) is 0 Å². The fourth-order valence-corrected chi connectivity index (χ4v) is 5.54. The summed E-state index contributed by atoms with van der Waals surface area (Å²) in [5.41, 5.74) is 2.41. The molecule has 0 amide bonds. The van der Waals surface area contributed by atoms with Crippen LogP contribution in [0.3, 0.4) is 0 Å². The molecule has 1 heterocycles. The van der Waals surface area contributed by atoms with E-state index in [4.69, 9.17) is 4.74 Å². The monoisotopic (exact) mass is 370 g/mol. The minimum Gasteiger partial charge on any atom is -0.461 e. The van der Waals surface area contributed by atoms with Crippen LogP contribution in [0, 0.1) is 23.2 Å². The molecule has 0 spiro atoms. The van der Waals surface area contributed by atoms with Gasteiger partial charge in [0.2, 0.25) is 0 Å². The highest BCUT2D eigenvalue weighted by Gasteiger charge is 2.60. The van der Waals surface area contributed by atoms with Crippen LogP contribution < -0.4 is 5.32 Å². The van der Waals surface area contributed by atoms with Crippen molar-refractivity contribution in [2.24, 2.45) is 23.2 Å². The average molecular weight is 371 g/mol. The van der Waals surface area contributed by atoms with Crippen LogP contribution in [0.2, 0.25) is 0 Å². The molecule has 1 aromatic carbocycles. The van der Waals surface area contributed by atoms with Gasteiger partial charge in [0.15, 0.2) is 0 Å². The van der Waals surface area contributed by atoms with Crippen LogP contribution in [0.4, 0.5) is 0 Å². The van der Waals surface area contributed by atoms with Gasteiger partial charge in [-0.2, -0.15) is 0 Å². The van der Waals surface area contributed by atoms with E-state index >= 15 is 0 Å². The molecule has 0 unspecified atom stereocenters. The van der Waals surface area contributed by atoms with E-state index in [1.807, 2.05) is 6.07 Å². The second-order valence-electron chi connectivity index (χ2n) is 8.85. The number of allylic oxidation sites excluding steroid dienone is 1. The Bertz CT molecular complexity index is 716. The van der Waals surface area contributed by atoms with Crippen LogP contribution >= 0.6 is 0 Å². The summed E-state index contributed by atoms with van der Waals surface area (Å²) in [6.45, 7) is 6.09. The summed E-state index contributed by atoms with van der Waals surface area (Å²) in [6, 6.07) is 10.4. The summed E-state index contributed by atoms with van der Waals surface area (Å²) in [7, 11) is 0. The Kier molecular flexibility index (Phi) is 5.13. The molecule has 0 aromatic heterocycles. The number of nitrogens with two attached hydrogens (primary N) is 1. The molecule has 4 nitrogen and oxygen atoms in total. The van der Waals surface area contributed by atoms with Gasteiger partial charge in [-0.25, -0.2) is 0 Å². The first kappa shape index (κ1) is 18.7. The maximum atomic E-state index is 12.6. The molecule has 3 N–H and O–H groups in total. The van der Waals surface area contributed by atoms with Gasteiger partial charge in [-0.1, -0.05) is 55.8 Å². The normalized spacial score (nSPS) is 38.0. The van der Waals surface area contributed by atoms with E-state index in [1.165, 1.54) is 11.1 Å². The van der Waals surface area contributed by atoms with E-state index in [9.17, 15) is 9.90 Å². The molecule has 0 bridgehead atoms. The van der Waals surface area contributed by atoms with E-state index in [0.717, 1.165) is 32.2 Å². The number of fused-ring (bicyclic) bond motifs is 2. The standard InChI is InChI=1S/C23H31NO3/c1-15-7-6-10-17-13-19-20(21(25)23(15,17)2)18(22(26)27-19)14-24-12-11-16-8-4-3-5-9-16/h3-5,8-10,15,18-21,24-25H,6-7,11-14H2,1-2H3/p+1/t15-,18-,19+,20+,21+,23+/m0/s1. The zero-order valence-corrected chi connectivity index (χ0v) is 16.4. The quantitative estimate of drug-likeness (QED) is 0.474. The minimum absolute atomic E-state index is 0.0758. The van der Waals surface area contributed by atoms with Gasteiger partial charge in [-0.3, -0.25) is 4.79 Å². The summed E-state index contributed by atoms with van der Waals surface area (Å²) in [5.74, 6) is 0.0452. The topological polar surface area (TPSA) is 63.1 Å².